The predicted octanol–water partition coefficient (Wildman–Crippen LogP) is 0.524. The van der Waals surface area contributed by atoms with Crippen molar-refractivity contribution in [2.75, 3.05) is 6.61 Å². The van der Waals surface area contributed by atoms with E-state index in [2.05, 4.69) is 0 Å². The minimum atomic E-state index is -1.01. The van der Waals surface area contributed by atoms with Gasteiger partial charge in [0, 0.05) is 0 Å². The molecule has 2 aromatic rings. The summed E-state index contributed by atoms with van der Waals surface area (Å²) in [6, 6.07) is 8.93. The monoisotopic (exact) mass is 277 g/mol. The van der Waals surface area contributed by atoms with Crippen LogP contribution in [0.3, 0.4) is 0 Å². The molecule has 0 aliphatic carbocycles. The van der Waals surface area contributed by atoms with E-state index in [1.807, 2.05) is 11.1 Å². The number of rotatable bonds is 5. The zero-order valence-electron chi connectivity index (χ0n) is 10.3. The first kappa shape index (κ1) is 13.5. The molecule has 0 saturated carbocycles. The largest absolute Gasteiger partial charge is 0.492 e. The highest BCUT2D eigenvalue weighted by molar-refractivity contribution is 5.21. The number of benzene rings is 1. The number of aromatic nitrogens is 2. The smallest absolute Gasteiger partial charge is 0.350 e. The average molecular weight is 277 g/mol. The molecule has 1 heterocycles. The van der Waals surface area contributed by atoms with Crippen LogP contribution in [0.1, 0.15) is 0 Å². The molecule has 20 heavy (non-hydrogen) atoms. The normalized spacial score (nSPS) is 10.2. The van der Waals surface area contributed by atoms with E-state index in [0.29, 0.717) is 5.75 Å². The summed E-state index contributed by atoms with van der Waals surface area (Å²) in [5.41, 5.74) is -2.40. The number of hydrogen-bond donors (Lipinski definition) is 1. The summed E-state index contributed by atoms with van der Waals surface area (Å²) in [5.74, 6) is 0.625. The molecule has 0 radical (unpaired) electrons. The zero-order chi connectivity index (χ0) is 14.5. The fourth-order valence-electron chi connectivity index (χ4n) is 1.57. The highest BCUT2D eigenvalue weighted by Crippen LogP contribution is 2.08. The van der Waals surface area contributed by atoms with Crippen LogP contribution in [0.2, 0.25) is 0 Å². The molecule has 8 heteroatoms. The van der Waals surface area contributed by atoms with Crippen molar-refractivity contribution in [2.24, 2.45) is 0 Å². The minimum Gasteiger partial charge on any atom is -0.492 e. The Morgan fingerprint density at radius 2 is 1.95 bits per heavy atom. The number of nitrogens with one attached hydrogen (secondary N) is 1. The van der Waals surface area contributed by atoms with E-state index in [-0.39, 0.29) is 13.2 Å². The molecule has 1 aromatic heterocycles. The van der Waals surface area contributed by atoms with E-state index in [4.69, 9.17) is 4.74 Å². The summed E-state index contributed by atoms with van der Waals surface area (Å²) in [7, 11) is 0. The minimum absolute atomic E-state index is 0.0886. The van der Waals surface area contributed by atoms with Gasteiger partial charge in [0.25, 0.3) is 0 Å². The topological polar surface area (TPSA) is 107 Å². The Morgan fingerprint density at radius 1 is 1.25 bits per heavy atom. The number of ether oxygens (including phenoxy) is 1. The lowest BCUT2D eigenvalue weighted by Crippen LogP contribution is -2.32. The summed E-state index contributed by atoms with van der Waals surface area (Å²) in [5, 5.41) is 10.6. The Labute approximate surface area is 112 Å². The van der Waals surface area contributed by atoms with Crippen molar-refractivity contribution in [2.45, 2.75) is 6.54 Å². The van der Waals surface area contributed by atoms with E-state index in [9.17, 15) is 19.7 Å². The lowest BCUT2D eigenvalue weighted by molar-refractivity contribution is -0.386. The van der Waals surface area contributed by atoms with Crippen molar-refractivity contribution >= 4 is 5.69 Å². The van der Waals surface area contributed by atoms with Gasteiger partial charge in [-0.05, 0) is 12.1 Å². The van der Waals surface area contributed by atoms with Crippen molar-refractivity contribution in [1.29, 1.82) is 0 Å². The van der Waals surface area contributed by atoms with Crippen LogP contribution < -0.4 is 16.0 Å². The van der Waals surface area contributed by atoms with Crippen LogP contribution in [0.4, 0.5) is 5.69 Å². The Balaban J connectivity index is 2.10. The fraction of sp³-hybridized carbons (Fsp3) is 0.167. The first-order valence-corrected chi connectivity index (χ1v) is 5.74. The first-order chi connectivity index (χ1) is 9.58. The van der Waals surface area contributed by atoms with Crippen molar-refractivity contribution in [3.8, 4) is 5.75 Å². The lowest BCUT2D eigenvalue weighted by Gasteiger charge is -2.07. The highest BCUT2D eigenvalue weighted by Gasteiger charge is 2.14. The molecule has 0 amide bonds. The number of nitro groups is 1. The molecule has 0 unspecified atom stereocenters. The first-order valence-electron chi connectivity index (χ1n) is 5.74. The molecule has 0 atom stereocenters. The lowest BCUT2D eigenvalue weighted by atomic mass is 10.3. The molecule has 1 aromatic carbocycles. The summed E-state index contributed by atoms with van der Waals surface area (Å²) in [4.78, 5) is 34.3. The maximum atomic E-state index is 11.5. The van der Waals surface area contributed by atoms with Crippen LogP contribution in [0, 0.1) is 10.1 Å². The molecule has 1 N–H and O–H groups in total. The van der Waals surface area contributed by atoms with Gasteiger partial charge < -0.3 is 4.74 Å². The van der Waals surface area contributed by atoms with Gasteiger partial charge in [0.15, 0.2) is 0 Å². The van der Waals surface area contributed by atoms with Gasteiger partial charge in [0.2, 0.25) is 0 Å². The number of hydrogen-bond acceptors (Lipinski definition) is 5. The van der Waals surface area contributed by atoms with Crippen LogP contribution in [-0.2, 0) is 6.54 Å². The Morgan fingerprint density at radius 3 is 2.60 bits per heavy atom. The zero-order valence-corrected chi connectivity index (χ0v) is 10.3. The van der Waals surface area contributed by atoms with Crippen molar-refractivity contribution in [1.82, 2.24) is 9.55 Å². The third-order valence-corrected chi connectivity index (χ3v) is 2.53. The molecule has 0 fully saturated rings. The fourth-order valence-corrected chi connectivity index (χ4v) is 1.57. The second-order valence-corrected chi connectivity index (χ2v) is 3.89. The number of aromatic amines is 1. The molecule has 2 rings (SSSR count). The molecule has 0 aliphatic rings. The molecular weight excluding hydrogens is 266 g/mol. The van der Waals surface area contributed by atoms with E-state index in [0.717, 1.165) is 10.8 Å². The summed E-state index contributed by atoms with van der Waals surface area (Å²) < 4.78 is 6.40. The molecule has 8 nitrogen and oxygen atoms in total. The van der Waals surface area contributed by atoms with Crippen LogP contribution in [0.15, 0.2) is 46.1 Å². The van der Waals surface area contributed by atoms with Gasteiger partial charge >= 0.3 is 16.9 Å². The molecule has 0 saturated heterocycles. The SMILES string of the molecule is O=c1[nH]c(=O)n(CCOc2ccccc2)cc1[N+](=O)[O-]. The van der Waals surface area contributed by atoms with Gasteiger partial charge in [-0.25, -0.2) is 4.79 Å². The Kier molecular flexibility index (Phi) is 3.94. The molecule has 0 spiro atoms. The van der Waals surface area contributed by atoms with Gasteiger partial charge in [-0.1, -0.05) is 18.2 Å². The standard InChI is InChI=1S/C12H11N3O5/c16-11-10(15(18)19)8-14(12(17)13-11)6-7-20-9-4-2-1-3-5-9/h1-5,8H,6-7H2,(H,13,16,17). The maximum Gasteiger partial charge on any atom is 0.350 e. The molecule has 0 aliphatic heterocycles. The van der Waals surface area contributed by atoms with Crippen LogP contribution >= 0.6 is 0 Å². The summed E-state index contributed by atoms with van der Waals surface area (Å²) in [6.45, 7) is 0.235. The van der Waals surface area contributed by atoms with E-state index >= 15 is 0 Å². The van der Waals surface area contributed by atoms with Gasteiger partial charge in [0.05, 0.1) is 17.7 Å². The van der Waals surface area contributed by atoms with Crippen molar-refractivity contribution < 1.29 is 9.66 Å². The molecule has 104 valence electrons. The van der Waals surface area contributed by atoms with Gasteiger partial charge in [-0.3, -0.25) is 24.5 Å². The third-order valence-electron chi connectivity index (χ3n) is 2.53. The van der Waals surface area contributed by atoms with Crippen LogP contribution in [0.25, 0.3) is 0 Å². The number of nitrogens with zero attached hydrogens (tertiary/aromatic N) is 2. The van der Waals surface area contributed by atoms with E-state index < -0.39 is 21.9 Å². The van der Waals surface area contributed by atoms with Gasteiger partial charge in [0.1, 0.15) is 12.4 Å². The Bertz CT molecular complexity index is 720. The molecule has 0 bridgehead atoms. The predicted molar refractivity (Wildman–Crippen MR) is 69.9 cm³/mol. The summed E-state index contributed by atoms with van der Waals surface area (Å²) in [6.07, 6.45) is 0.912. The number of para-hydroxylation sites is 1. The van der Waals surface area contributed by atoms with Crippen LogP contribution in [-0.4, -0.2) is 21.1 Å². The molecular formula is C12H11N3O5. The quantitative estimate of drug-likeness (QED) is 0.633. The second-order valence-electron chi connectivity index (χ2n) is 3.89. The Hall–Kier alpha value is -2.90. The average Bonchev–Trinajstić information content (AvgIpc) is 2.42. The third kappa shape index (κ3) is 3.10. The second kappa shape index (κ2) is 5.83. The van der Waals surface area contributed by atoms with Crippen LogP contribution in [0.5, 0.6) is 5.75 Å². The highest BCUT2D eigenvalue weighted by atomic mass is 16.6. The summed E-state index contributed by atoms with van der Waals surface area (Å²) >= 11 is 0. The van der Waals surface area contributed by atoms with Crippen molar-refractivity contribution in [3.63, 3.8) is 0 Å². The van der Waals surface area contributed by atoms with E-state index in [1.54, 1.807) is 24.3 Å². The maximum absolute atomic E-state index is 11.5. The van der Waals surface area contributed by atoms with E-state index in [1.165, 1.54) is 0 Å². The van der Waals surface area contributed by atoms with Gasteiger partial charge in [-0.2, -0.15) is 0 Å². The number of H-pyrrole nitrogens is 1. The van der Waals surface area contributed by atoms with Gasteiger partial charge in [-0.15, -0.1) is 0 Å². The van der Waals surface area contributed by atoms with Crippen molar-refractivity contribution in [3.05, 3.63) is 67.5 Å².